The van der Waals surface area contributed by atoms with E-state index in [9.17, 15) is 4.79 Å². The number of para-hydroxylation sites is 1. The van der Waals surface area contributed by atoms with Gasteiger partial charge in [0.1, 0.15) is 5.60 Å². The van der Waals surface area contributed by atoms with Crippen molar-refractivity contribution in [2.75, 3.05) is 33.9 Å². The van der Waals surface area contributed by atoms with Crippen LogP contribution in [0.1, 0.15) is 26.3 Å². The molecule has 0 aromatic heterocycles. The third-order valence-corrected chi connectivity index (χ3v) is 3.92. The van der Waals surface area contributed by atoms with Crippen LogP contribution in [0.4, 0.5) is 4.79 Å². The number of nitrogens with one attached hydrogen (secondary N) is 1. The monoisotopic (exact) mass is 336 g/mol. The highest BCUT2D eigenvalue weighted by Crippen LogP contribution is 2.32. The molecule has 0 radical (unpaired) electrons. The second-order valence-corrected chi connectivity index (χ2v) is 6.89. The largest absolute Gasteiger partial charge is 0.493 e. The Bertz CT molecular complexity index is 569. The number of nitrogens with zero attached hydrogens (tertiary/aromatic N) is 1. The van der Waals surface area contributed by atoms with E-state index in [1.807, 2.05) is 39.0 Å². The SMILES string of the molecule is COc1cccc(C[C@H]2CNCCN2C(=O)OC(C)(C)C)c1OC. The molecule has 1 N–H and O–H groups in total. The van der Waals surface area contributed by atoms with Crippen LogP contribution in [0.15, 0.2) is 18.2 Å². The molecule has 6 nitrogen and oxygen atoms in total. The molecular weight excluding hydrogens is 308 g/mol. The Morgan fingerprint density at radius 3 is 2.67 bits per heavy atom. The van der Waals surface area contributed by atoms with Gasteiger partial charge >= 0.3 is 6.09 Å². The van der Waals surface area contributed by atoms with Crippen LogP contribution in [0.5, 0.6) is 11.5 Å². The quantitative estimate of drug-likeness (QED) is 0.915. The minimum atomic E-state index is -0.500. The Balaban J connectivity index is 2.18. The summed E-state index contributed by atoms with van der Waals surface area (Å²) in [5.41, 5.74) is 0.513. The molecule has 1 amide bonds. The first-order valence-electron chi connectivity index (χ1n) is 8.26. The van der Waals surface area contributed by atoms with Crippen LogP contribution in [0.2, 0.25) is 0 Å². The molecule has 6 heteroatoms. The summed E-state index contributed by atoms with van der Waals surface area (Å²) in [4.78, 5) is 14.3. The van der Waals surface area contributed by atoms with Crippen molar-refractivity contribution in [1.82, 2.24) is 10.2 Å². The summed E-state index contributed by atoms with van der Waals surface area (Å²) >= 11 is 0. The van der Waals surface area contributed by atoms with Gasteiger partial charge in [0.15, 0.2) is 11.5 Å². The first-order valence-corrected chi connectivity index (χ1v) is 8.26. The second kappa shape index (κ2) is 7.75. The van der Waals surface area contributed by atoms with Gasteiger partial charge in [-0.3, -0.25) is 0 Å². The van der Waals surface area contributed by atoms with Crippen LogP contribution in [-0.2, 0) is 11.2 Å². The molecule has 0 aliphatic carbocycles. The Labute approximate surface area is 144 Å². The Morgan fingerprint density at radius 1 is 1.29 bits per heavy atom. The van der Waals surface area contributed by atoms with E-state index >= 15 is 0 Å². The molecule has 1 aliphatic rings. The Hall–Kier alpha value is -1.95. The molecule has 2 rings (SSSR count). The number of ether oxygens (including phenoxy) is 3. The lowest BCUT2D eigenvalue weighted by atomic mass is 10.0. The van der Waals surface area contributed by atoms with Crippen molar-refractivity contribution in [3.63, 3.8) is 0 Å². The standard InChI is InChI=1S/C18H28N2O4/c1-18(2,3)24-17(21)20-10-9-19-12-14(20)11-13-7-6-8-15(22-4)16(13)23-5/h6-8,14,19H,9-12H2,1-5H3/t14-/m0/s1. The fourth-order valence-electron chi connectivity index (χ4n) is 2.87. The fourth-order valence-corrected chi connectivity index (χ4v) is 2.87. The molecule has 1 aromatic rings. The van der Waals surface area contributed by atoms with Gasteiger partial charge in [-0.05, 0) is 33.3 Å². The molecule has 134 valence electrons. The zero-order valence-electron chi connectivity index (χ0n) is 15.2. The van der Waals surface area contributed by atoms with Crippen molar-refractivity contribution in [1.29, 1.82) is 0 Å². The van der Waals surface area contributed by atoms with Crippen molar-refractivity contribution in [2.24, 2.45) is 0 Å². The van der Waals surface area contributed by atoms with Crippen molar-refractivity contribution >= 4 is 6.09 Å². The lowest BCUT2D eigenvalue weighted by molar-refractivity contribution is 0.0121. The molecule has 1 heterocycles. The molecule has 1 aromatic carbocycles. The molecule has 1 saturated heterocycles. The number of methoxy groups -OCH3 is 2. The van der Waals surface area contributed by atoms with Gasteiger partial charge in [-0.1, -0.05) is 12.1 Å². The van der Waals surface area contributed by atoms with Gasteiger partial charge in [0.25, 0.3) is 0 Å². The van der Waals surface area contributed by atoms with Gasteiger partial charge in [-0.2, -0.15) is 0 Å². The van der Waals surface area contributed by atoms with Crippen molar-refractivity contribution in [3.05, 3.63) is 23.8 Å². The van der Waals surface area contributed by atoms with Gasteiger partial charge < -0.3 is 24.4 Å². The molecule has 1 atom stereocenters. The normalized spacial score (nSPS) is 18.2. The lowest BCUT2D eigenvalue weighted by Gasteiger charge is -2.37. The molecule has 1 aliphatic heterocycles. The van der Waals surface area contributed by atoms with E-state index in [1.165, 1.54) is 0 Å². The third-order valence-electron chi connectivity index (χ3n) is 3.92. The molecule has 0 bridgehead atoms. The maximum Gasteiger partial charge on any atom is 0.410 e. The summed E-state index contributed by atoms with van der Waals surface area (Å²) in [5.74, 6) is 1.41. The molecular formula is C18H28N2O4. The highest BCUT2D eigenvalue weighted by molar-refractivity contribution is 5.69. The number of amides is 1. The van der Waals surface area contributed by atoms with E-state index in [0.29, 0.717) is 18.7 Å². The molecule has 24 heavy (non-hydrogen) atoms. The van der Waals surface area contributed by atoms with Crippen LogP contribution >= 0.6 is 0 Å². The number of hydrogen-bond donors (Lipinski definition) is 1. The van der Waals surface area contributed by atoms with Crippen LogP contribution in [0.3, 0.4) is 0 Å². The van der Waals surface area contributed by atoms with Crippen molar-refractivity contribution in [2.45, 2.75) is 38.8 Å². The summed E-state index contributed by atoms with van der Waals surface area (Å²) in [5, 5.41) is 3.35. The number of benzene rings is 1. The molecule has 0 saturated carbocycles. The summed E-state index contributed by atoms with van der Waals surface area (Å²) < 4.78 is 16.4. The fraction of sp³-hybridized carbons (Fsp3) is 0.611. The molecule has 0 spiro atoms. The maximum absolute atomic E-state index is 12.5. The van der Waals surface area contributed by atoms with Crippen LogP contribution in [0, 0.1) is 0 Å². The van der Waals surface area contributed by atoms with Gasteiger partial charge in [0.2, 0.25) is 0 Å². The summed E-state index contributed by atoms with van der Waals surface area (Å²) in [6, 6.07) is 5.82. The first-order chi connectivity index (χ1) is 11.4. The van der Waals surface area contributed by atoms with Crippen LogP contribution < -0.4 is 14.8 Å². The van der Waals surface area contributed by atoms with E-state index in [1.54, 1.807) is 19.1 Å². The van der Waals surface area contributed by atoms with Crippen LogP contribution in [0.25, 0.3) is 0 Å². The van der Waals surface area contributed by atoms with Gasteiger partial charge in [0.05, 0.1) is 20.3 Å². The van der Waals surface area contributed by atoms with Gasteiger partial charge in [-0.25, -0.2) is 4.79 Å². The van der Waals surface area contributed by atoms with Crippen molar-refractivity contribution in [3.8, 4) is 11.5 Å². The van der Waals surface area contributed by atoms with E-state index in [4.69, 9.17) is 14.2 Å². The zero-order chi connectivity index (χ0) is 17.7. The highest BCUT2D eigenvalue weighted by Gasteiger charge is 2.31. The number of piperazine rings is 1. The number of hydrogen-bond acceptors (Lipinski definition) is 5. The zero-order valence-corrected chi connectivity index (χ0v) is 15.2. The minimum absolute atomic E-state index is 0.00889. The Kier molecular flexibility index (Phi) is 5.94. The van der Waals surface area contributed by atoms with Gasteiger partial charge in [-0.15, -0.1) is 0 Å². The van der Waals surface area contributed by atoms with Crippen LogP contribution in [-0.4, -0.2) is 56.5 Å². The van der Waals surface area contributed by atoms with E-state index in [0.717, 1.165) is 24.4 Å². The van der Waals surface area contributed by atoms with E-state index < -0.39 is 5.60 Å². The van der Waals surface area contributed by atoms with Crippen molar-refractivity contribution < 1.29 is 19.0 Å². The average Bonchev–Trinajstić information content (AvgIpc) is 2.53. The second-order valence-electron chi connectivity index (χ2n) is 6.89. The predicted molar refractivity (Wildman–Crippen MR) is 92.8 cm³/mol. The lowest BCUT2D eigenvalue weighted by Crippen LogP contribution is -2.55. The highest BCUT2D eigenvalue weighted by atomic mass is 16.6. The van der Waals surface area contributed by atoms with Gasteiger partial charge in [0, 0.05) is 25.2 Å². The van der Waals surface area contributed by atoms with E-state index in [-0.39, 0.29) is 12.1 Å². The van der Waals surface area contributed by atoms with E-state index in [2.05, 4.69) is 5.32 Å². The predicted octanol–water partition coefficient (Wildman–Crippen LogP) is 2.46. The summed E-state index contributed by atoms with van der Waals surface area (Å²) in [6.07, 6.45) is 0.406. The number of carbonyl (C=O) groups excluding carboxylic acids is 1. The maximum atomic E-state index is 12.5. The third kappa shape index (κ3) is 4.54. The topological polar surface area (TPSA) is 60.0 Å². The summed E-state index contributed by atoms with van der Waals surface area (Å²) in [7, 11) is 3.25. The Morgan fingerprint density at radius 2 is 2.04 bits per heavy atom. The number of rotatable bonds is 4. The minimum Gasteiger partial charge on any atom is -0.493 e. The summed E-state index contributed by atoms with van der Waals surface area (Å²) in [6.45, 7) is 7.77. The molecule has 1 fully saturated rings. The average molecular weight is 336 g/mol. The first kappa shape index (κ1) is 18.4. The smallest absolute Gasteiger partial charge is 0.410 e. The number of carbonyl (C=O) groups is 1. The molecule has 0 unspecified atom stereocenters.